The topological polar surface area (TPSA) is 60.8 Å². The highest BCUT2D eigenvalue weighted by molar-refractivity contribution is 5.74. The van der Waals surface area contributed by atoms with E-state index in [-0.39, 0.29) is 0 Å². The molecule has 192 valence electrons. The Morgan fingerprint density at radius 3 is 1.12 bits per heavy atom. The molecule has 0 spiro atoms. The summed E-state index contributed by atoms with van der Waals surface area (Å²) in [4.78, 5) is 13.8. The van der Waals surface area contributed by atoms with Crippen molar-refractivity contribution in [1.82, 2.24) is 4.90 Å². The second-order valence-electron chi connectivity index (χ2n) is 9.92. The van der Waals surface area contributed by atoms with Gasteiger partial charge in [0.15, 0.2) is 0 Å². The smallest absolute Gasteiger partial charge is 0.323 e. The maximum atomic E-state index is 11.7. The van der Waals surface area contributed by atoms with Gasteiger partial charge in [-0.2, -0.15) is 0 Å². The maximum Gasteiger partial charge on any atom is 0.323 e. The molecule has 2 N–H and O–H groups in total. The van der Waals surface area contributed by atoms with Gasteiger partial charge in [0, 0.05) is 0 Å². The van der Waals surface area contributed by atoms with E-state index >= 15 is 0 Å². The number of hydrogen-bond acceptors (Lipinski definition) is 3. The Morgan fingerprint density at radius 2 is 0.875 bits per heavy atom. The summed E-state index contributed by atoms with van der Waals surface area (Å²) in [6.45, 7) is 7.70. The third-order valence-corrected chi connectivity index (χ3v) is 6.70. The molecule has 32 heavy (non-hydrogen) atoms. The first-order chi connectivity index (χ1) is 15.5. The van der Waals surface area contributed by atoms with Crippen LogP contribution in [-0.2, 0) is 4.79 Å². The van der Waals surface area contributed by atoms with Gasteiger partial charge in [0.25, 0.3) is 0 Å². The van der Waals surface area contributed by atoms with Crippen molar-refractivity contribution in [2.45, 2.75) is 161 Å². The number of hydrogen-bond donors (Lipinski definition) is 2. The summed E-state index contributed by atoms with van der Waals surface area (Å²) in [6.07, 6.45) is 24.8. The number of carboxylic acids is 1. The quantitative estimate of drug-likeness (QED) is 0.137. The lowest BCUT2D eigenvalue weighted by atomic mass is 10.0. The molecular formula is C28H57NO3. The zero-order chi connectivity index (χ0) is 23.9. The Morgan fingerprint density at radius 1 is 0.594 bits per heavy atom. The number of rotatable bonds is 25. The summed E-state index contributed by atoms with van der Waals surface area (Å²) in [7, 11) is 0. The minimum absolute atomic E-state index is 0.771. The lowest BCUT2D eigenvalue weighted by molar-refractivity contribution is -0.147. The van der Waals surface area contributed by atoms with Gasteiger partial charge in [-0.15, -0.1) is 0 Å². The van der Waals surface area contributed by atoms with Gasteiger partial charge in [-0.1, -0.05) is 129 Å². The van der Waals surface area contributed by atoms with E-state index in [4.69, 9.17) is 0 Å². The number of aliphatic hydroxyl groups excluding tert-OH is 1. The molecule has 0 fully saturated rings. The van der Waals surface area contributed by atoms with Gasteiger partial charge < -0.3 is 10.2 Å². The summed E-state index contributed by atoms with van der Waals surface area (Å²) >= 11 is 0. The molecule has 0 aliphatic rings. The van der Waals surface area contributed by atoms with E-state index in [2.05, 4.69) is 13.8 Å². The zero-order valence-electron chi connectivity index (χ0n) is 22.0. The SMILES string of the molecule is CCCCCCCCCCCCN(CCCCCCCCCCCC)C(C(=O)O)C(C)O. The van der Waals surface area contributed by atoms with Crippen molar-refractivity contribution in [1.29, 1.82) is 0 Å². The van der Waals surface area contributed by atoms with Crippen LogP contribution in [0.4, 0.5) is 0 Å². The molecule has 0 amide bonds. The first kappa shape index (κ1) is 31.4. The number of carbonyl (C=O) groups is 1. The molecule has 2 atom stereocenters. The largest absolute Gasteiger partial charge is 0.480 e. The van der Waals surface area contributed by atoms with Crippen molar-refractivity contribution in [3.8, 4) is 0 Å². The summed E-state index contributed by atoms with van der Waals surface area (Å²) in [6, 6.07) is -0.771. The predicted molar refractivity (Wildman–Crippen MR) is 138 cm³/mol. The Balaban J connectivity index is 4.03. The van der Waals surface area contributed by atoms with Gasteiger partial charge >= 0.3 is 5.97 Å². The second kappa shape index (κ2) is 23.5. The van der Waals surface area contributed by atoms with E-state index in [9.17, 15) is 15.0 Å². The molecule has 0 heterocycles. The lowest BCUT2D eigenvalue weighted by Gasteiger charge is -2.30. The first-order valence-corrected chi connectivity index (χ1v) is 14.2. The van der Waals surface area contributed by atoms with E-state index < -0.39 is 18.1 Å². The van der Waals surface area contributed by atoms with Crippen LogP contribution in [0.1, 0.15) is 149 Å². The highest BCUT2D eigenvalue weighted by atomic mass is 16.4. The van der Waals surface area contributed by atoms with E-state index in [1.807, 2.05) is 4.90 Å². The molecule has 2 unspecified atom stereocenters. The van der Waals surface area contributed by atoms with Crippen molar-refractivity contribution in [2.24, 2.45) is 0 Å². The minimum atomic E-state index is -0.890. The van der Waals surface area contributed by atoms with Crippen molar-refractivity contribution < 1.29 is 15.0 Å². The van der Waals surface area contributed by atoms with Crippen LogP contribution in [0.15, 0.2) is 0 Å². The fourth-order valence-corrected chi connectivity index (χ4v) is 4.66. The summed E-state index contributed by atoms with van der Waals surface area (Å²) in [5.41, 5.74) is 0. The molecule has 0 saturated carbocycles. The minimum Gasteiger partial charge on any atom is -0.480 e. The van der Waals surface area contributed by atoms with Gasteiger partial charge in [-0.05, 0) is 32.9 Å². The van der Waals surface area contributed by atoms with Crippen molar-refractivity contribution in [3.63, 3.8) is 0 Å². The Kier molecular flexibility index (Phi) is 23.1. The summed E-state index contributed by atoms with van der Waals surface area (Å²) < 4.78 is 0. The summed E-state index contributed by atoms with van der Waals surface area (Å²) in [5.74, 6) is -0.890. The van der Waals surface area contributed by atoms with Crippen LogP contribution >= 0.6 is 0 Å². The van der Waals surface area contributed by atoms with Crippen LogP contribution < -0.4 is 0 Å². The highest BCUT2D eigenvalue weighted by Gasteiger charge is 2.29. The van der Waals surface area contributed by atoms with E-state index in [1.165, 1.54) is 103 Å². The molecule has 0 radical (unpaired) electrons. The summed E-state index contributed by atoms with van der Waals surface area (Å²) in [5, 5.41) is 19.7. The van der Waals surface area contributed by atoms with Crippen LogP contribution in [0.2, 0.25) is 0 Å². The van der Waals surface area contributed by atoms with E-state index in [1.54, 1.807) is 6.92 Å². The lowest BCUT2D eigenvalue weighted by Crippen LogP contribution is -2.48. The van der Waals surface area contributed by atoms with Gasteiger partial charge in [-0.25, -0.2) is 0 Å². The standard InChI is InChI=1S/C28H57NO3/c1-4-6-8-10-12-14-16-18-20-22-24-29(27(26(3)30)28(31)32)25-23-21-19-17-15-13-11-9-7-5-2/h26-27,30H,4-25H2,1-3H3,(H,31,32). The molecule has 0 aromatic heterocycles. The Hall–Kier alpha value is -0.610. The first-order valence-electron chi connectivity index (χ1n) is 14.2. The monoisotopic (exact) mass is 455 g/mol. The molecule has 0 aliphatic carbocycles. The number of carboxylic acid groups (broad SMARTS) is 1. The molecule has 4 nitrogen and oxygen atoms in total. The van der Waals surface area contributed by atoms with Gasteiger partial charge in [-0.3, -0.25) is 9.69 Å². The highest BCUT2D eigenvalue weighted by Crippen LogP contribution is 2.15. The number of nitrogens with zero attached hydrogens (tertiary/aromatic N) is 1. The second-order valence-corrected chi connectivity index (χ2v) is 9.92. The van der Waals surface area contributed by atoms with Crippen molar-refractivity contribution in [2.75, 3.05) is 13.1 Å². The van der Waals surface area contributed by atoms with Crippen molar-refractivity contribution >= 4 is 5.97 Å². The molecule has 0 aliphatic heterocycles. The molecule has 0 bridgehead atoms. The van der Waals surface area contributed by atoms with Crippen LogP contribution in [0, 0.1) is 0 Å². The fraction of sp³-hybridized carbons (Fsp3) is 0.964. The molecule has 4 heteroatoms. The van der Waals surface area contributed by atoms with Crippen LogP contribution in [0.25, 0.3) is 0 Å². The molecule has 0 rings (SSSR count). The maximum absolute atomic E-state index is 11.7. The number of aliphatic hydroxyl groups is 1. The molecule has 0 aromatic carbocycles. The van der Waals surface area contributed by atoms with E-state index in [0.29, 0.717) is 0 Å². The van der Waals surface area contributed by atoms with Gasteiger partial charge in [0.05, 0.1) is 6.10 Å². The number of unbranched alkanes of at least 4 members (excludes halogenated alkanes) is 18. The fourth-order valence-electron chi connectivity index (χ4n) is 4.66. The third-order valence-electron chi connectivity index (χ3n) is 6.70. The van der Waals surface area contributed by atoms with E-state index in [0.717, 1.165) is 38.8 Å². The molecular weight excluding hydrogens is 398 g/mol. The molecule has 0 aromatic rings. The Bertz CT molecular complexity index is 376. The van der Waals surface area contributed by atoms with Crippen molar-refractivity contribution in [3.05, 3.63) is 0 Å². The zero-order valence-corrected chi connectivity index (χ0v) is 22.0. The van der Waals surface area contributed by atoms with Gasteiger partial charge in [0.1, 0.15) is 6.04 Å². The van der Waals surface area contributed by atoms with Crippen LogP contribution in [-0.4, -0.2) is 46.3 Å². The normalized spacial score (nSPS) is 13.5. The van der Waals surface area contributed by atoms with Crippen LogP contribution in [0.3, 0.4) is 0 Å². The van der Waals surface area contributed by atoms with Crippen LogP contribution in [0.5, 0.6) is 0 Å². The average molecular weight is 456 g/mol. The average Bonchev–Trinajstić information content (AvgIpc) is 2.75. The number of aliphatic carboxylic acids is 1. The Labute approximate surface area is 200 Å². The van der Waals surface area contributed by atoms with Gasteiger partial charge in [0.2, 0.25) is 0 Å². The molecule has 0 saturated heterocycles. The third kappa shape index (κ3) is 18.9. The predicted octanol–water partition coefficient (Wildman–Crippen LogP) is 7.96.